The third kappa shape index (κ3) is 4.80. The number of carboxylic acids is 1. The standard InChI is InChI=1S/C21H15ClN2O4S/c1-3-10-28-15-7-4-13(5-8-15)11-18-19(25)24(2)21(29-18)23-14-6-9-17(22)16(12-14)20(26)27/h1,4-9,11-12H,10H2,2H3,(H,26,27)/b18-11+,23-21?. The number of nitrogens with zero attached hydrogens (tertiary/aromatic N) is 2. The van der Waals surface area contributed by atoms with Crippen LogP contribution in [0.2, 0.25) is 5.02 Å². The summed E-state index contributed by atoms with van der Waals surface area (Å²) >= 11 is 7.09. The first kappa shape index (κ1) is 20.5. The van der Waals surface area contributed by atoms with Crippen molar-refractivity contribution in [2.75, 3.05) is 13.7 Å². The fourth-order valence-electron chi connectivity index (χ4n) is 2.45. The van der Waals surface area contributed by atoms with Crippen LogP contribution < -0.4 is 4.74 Å². The van der Waals surface area contributed by atoms with Crippen molar-refractivity contribution in [2.45, 2.75) is 0 Å². The predicted molar refractivity (Wildman–Crippen MR) is 115 cm³/mol. The molecule has 0 aromatic heterocycles. The van der Waals surface area contributed by atoms with Gasteiger partial charge < -0.3 is 9.84 Å². The largest absolute Gasteiger partial charge is 0.481 e. The summed E-state index contributed by atoms with van der Waals surface area (Å²) in [6.45, 7) is 0.188. The Kier molecular flexibility index (Phi) is 6.27. The van der Waals surface area contributed by atoms with Gasteiger partial charge in [0.2, 0.25) is 0 Å². The van der Waals surface area contributed by atoms with Gasteiger partial charge in [0.15, 0.2) is 5.17 Å². The first-order valence-electron chi connectivity index (χ1n) is 8.34. The van der Waals surface area contributed by atoms with Crippen molar-refractivity contribution in [1.82, 2.24) is 4.90 Å². The van der Waals surface area contributed by atoms with E-state index in [0.29, 0.717) is 21.5 Å². The summed E-state index contributed by atoms with van der Waals surface area (Å²) in [6.07, 6.45) is 6.92. The normalized spacial score (nSPS) is 16.3. The van der Waals surface area contributed by atoms with E-state index in [0.717, 1.165) is 5.56 Å². The first-order valence-corrected chi connectivity index (χ1v) is 9.54. The van der Waals surface area contributed by atoms with Crippen LogP contribution in [-0.2, 0) is 4.79 Å². The number of carbonyl (C=O) groups is 2. The number of amides is 1. The molecule has 1 aliphatic heterocycles. The van der Waals surface area contributed by atoms with E-state index >= 15 is 0 Å². The first-order chi connectivity index (χ1) is 13.9. The minimum atomic E-state index is -1.14. The third-order valence-electron chi connectivity index (χ3n) is 3.91. The van der Waals surface area contributed by atoms with E-state index in [4.69, 9.17) is 22.8 Å². The summed E-state index contributed by atoms with van der Waals surface area (Å²) in [5.41, 5.74) is 1.17. The Morgan fingerprint density at radius 1 is 1.34 bits per heavy atom. The van der Waals surface area contributed by atoms with Crippen LogP contribution in [0.25, 0.3) is 6.08 Å². The number of carboxylic acid groups (broad SMARTS) is 1. The Hall–Kier alpha value is -3.21. The monoisotopic (exact) mass is 426 g/mol. The Balaban J connectivity index is 1.83. The summed E-state index contributed by atoms with van der Waals surface area (Å²) in [4.78, 5) is 30.1. The molecule has 0 unspecified atom stereocenters. The molecule has 1 saturated heterocycles. The highest BCUT2D eigenvalue weighted by Gasteiger charge is 2.30. The molecule has 146 valence electrons. The van der Waals surface area contributed by atoms with Crippen molar-refractivity contribution in [1.29, 1.82) is 0 Å². The lowest BCUT2D eigenvalue weighted by atomic mass is 10.2. The average Bonchev–Trinajstić information content (AvgIpc) is 2.96. The van der Waals surface area contributed by atoms with E-state index in [1.54, 1.807) is 31.3 Å². The van der Waals surface area contributed by atoms with Gasteiger partial charge >= 0.3 is 5.97 Å². The van der Waals surface area contributed by atoms with Crippen LogP contribution in [0, 0.1) is 12.3 Å². The summed E-state index contributed by atoms with van der Waals surface area (Å²) in [7, 11) is 1.61. The van der Waals surface area contributed by atoms with Crippen molar-refractivity contribution < 1.29 is 19.4 Å². The molecule has 6 nitrogen and oxygen atoms in total. The predicted octanol–water partition coefficient (Wildman–Crippen LogP) is 4.28. The van der Waals surface area contributed by atoms with Gasteiger partial charge in [0.05, 0.1) is 21.2 Å². The van der Waals surface area contributed by atoms with Gasteiger partial charge in [0.1, 0.15) is 12.4 Å². The lowest BCUT2D eigenvalue weighted by molar-refractivity contribution is -0.121. The van der Waals surface area contributed by atoms with E-state index in [1.165, 1.54) is 28.8 Å². The van der Waals surface area contributed by atoms with Crippen LogP contribution in [0.15, 0.2) is 52.4 Å². The molecule has 1 heterocycles. The van der Waals surface area contributed by atoms with Crippen LogP contribution in [0.1, 0.15) is 15.9 Å². The molecule has 2 aromatic rings. The highest BCUT2D eigenvalue weighted by molar-refractivity contribution is 8.18. The molecule has 0 spiro atoms. The van der Waals surface area contributed by atoms with Crippen LogP contribution in [0.5, 0.6) is 5.75 Å². The molecule has 0 atom stereocenters. The molecule has 1 N–H and O–H groups in total. The van der Waals surface area contributed by atoms with Gasteiger partial charge in [-0.25, -0.2) is 9.79 Å². The van der Waals surface area contributed by atoms with Crippen LogP contribution in [-0.4, -0.2) is 40.7 Å². The second-order valence-corrected chi connectivity index (χ2v) is 7.32. The highest BCUT2D eigenvalue weighted by Crippen LogP contribution is 2.34. The quantitative estimate of drug-likeness (QED) is 0.570. The summed E-state index contributed by atoms with van der Waals surface area (Å²) in [6, 6.07) is 11.6. The average molecular weight is 427 g/mol. The molecule has 0 bridgehead atoms. The summed E-state index contributed by atoms with van der Waals surface area (Å²) in [5.74, 6) is 1.70. The number of aliphatic imine (C=N–C) groups is 1. The van der Waals surface area contributed by atoms with Crippen molar-refractivity contribution in [2.24, 2.45) is 4.99 Å². The maximum Gasteiger partial charge on any atom is 0.337 e. The van der Waals surface area contributed by atoms with E-state index in [2.05, 4.69) is 10.9 Å². The van der Waals surface area contributed by atoms with Crippen molar-refractivity contribution in [3.8, 4) is 18.1 Å². The second-order valence-electron chi connectivity index (χ2n) is 5.90. The third-order valence-corrected chi connectivity index (χ3v) is 5.30. The molecule has 29 heavy (non-hydrogen) atoms. The minimum Gasteiger partial charge on any atom is -0.481 e. The summed E-state index contributed by atoms with van der Waals surface area (Å²) in [5, 5.41) is 9.75. The number of likely N-dealkylation sites (N-methyl/N-ethyl adjacent to an activating group) is 1. The van der Waals surface area contributed by atoms with E-state index in [-0.39, 0.29) is 23.1 Å². The number of ether oxygens (including phenoxy) is 1. The van der Waals surface area contributed by atoms with Crippen LogP contribution >= 0.6 is 23.4 Å². The molecule has 8 heteroatoms. The molecule has 1 aliphatic rings. The number of halogens is 1. The Bertz CT molecular complexity index is 1070. The van der Waals surface area contributed by atoms with Gasteiger partial charge in [-0.3, -0.25) is 9.69 Å². The zero-order valence-corrected chi connectivity index (χ0v) is 16.8. The van der Waals surface area contributed by atoms with E-state index in [1.807, 2.05) is 12.1 Å². The molecular weight excluding hydrogens is 412 g/mol. The Morgan fingerprint density at radius 3 is 2.72 bits per heavy atom. The number of carbonyl (C=O) groups excluding carboxylic acids is 1. The maximum absolute atomic E-state index is 12.5. The summed E-state index contributed by atoms with van der Waals surface area (Å²) < 4.78 is 5.33. The molecule has 2 aromatic carbocycles. The molecule has 0 saturated carbocycles. The maximum atomic E-state index is 12.5. The van der Waals surface area contributed by atoms with E-state index in [9.17, 15) is 14.7 Å². The zero-order valence-electron chi connectivity index (χ0n) is 15.3. The molecule has 0 radical (unpaired) electrons. The number of terminal acetylenes is 1. The molecule has 0 aliphatic carbocycles. The number of amidine groups is 1. The lowest BCUT2D eigenvalue weighted by Gasteiger charge is -2.07. The van der Waals surface area contributed by atoms with Crippen LogP contribution in [0.4, 0.5) is 5.69 Å². The number of benzene rings is 2. The zero-order chi connectivity index (χ0) is 21.0. The number of thioether (sulfide) groups is 1. The fourth-order valence-corrected chi connectivity index (χ4v) is 3.63. The van der Waals surface area contributed by atoms with Crippen molar-refractivity contribution in [3.63, 3.8) is 0 Å². The van der Waals surface area contributed by atoms with Gasteiger partial charge in [-0.05, 0) is 53.7 Å². The van der Waals surface area contributed by atoms with Crippen LogP contribution in [0.3, 0.4) is 0 Å². The molecule has 1 amide bonds. The van der Waals surface area contributed by atoms with Gasteiger partial charge in [0, 0.05) is 7.05 Å². The minimum absolute atomic E-state index is 0.0478. The topological polar surface area (TPSA) is 79.2 Å². The molecular formula is C21H15ClN2O4S. The molecule has 1 fully saturated rings. The number of hydrogen-bond donors (Lipinski definition) is 1. The van der Waals surface area contributed by atoms with Crippen molar-refractivity contribution >= 4 is 52.2 Å². The SMILES string of the molecule is C#CCOc1ccc(/C=C2/SC(=Nc3ccc(Cl)c(C(=O)O)c3)N(C)C2=O)cc1. The Labute approximate surface area is 176 Å². The number of aromatic carboxylic acids is 1. The Morgan fingerprint density at radius 2 is 2.07 bits per heavy atom. The smallest absolute Gasteiger partial charge is 0.337 e. The number of rotatable bonds is 5. The lowest BCUT2D eigenvalue weighted by Crippen LogP contribution is -2.23. The van der Waals surface area contributed by atoms with E-state index < -0.39 is 5.97 Å². The van der Waals surface area contributed by atoms with Gasteiger partial charge in [-0.1, -0.05) is 29.7 Å². The fraction of sp³-hybridized carbons (Fsp3) is 0.0952. The van der Waals surface area contributed by atoms with Gasteiger partial charge in [-0.2, -0.15) is 0 Å². The number of hydrogen-bond acceptors (Lipinski definition) is 5. The molecule has 3 rings (SSSR count). The van der Waals surface area contributed by atoms with Gasteiger partial charge in [0.25, 0.3) is 5.91 Å². The second kappa shape index (κ2) is 8.86. The van der Waals surface area contributed by atoms with Crippen molar-refractivity contribution in [3.05, 3.63) is 63.5 Å². The van der Waals surface area contributed by atoms with Gasteiger partial charge in [-0.15, -0.1) is 6.42 Å². The highest BCUT2D eigenvalue weighted by atomic mass is 35.5.